The standard InChI is InChI=1S/C22H29N5O3/c1-15(2)23-8-4-5-21(28)27-10-7-18(14-27)26-19-11-17(13-25-22(19)29)16-6-9-24-20(12-16)30-3/h4-6,9,11-13,15,18,23,26H,7-8,10,14H2,1-3H3,(H,25,29)/b5-4+/t18-/m0/s1. The summed E-state index contributed by atoms with van der Waals surface area (Å²) in [4.78, 5) is 33.3. The molecule has 0 bridgehead atoms. The molecule has 1 aliphatic rings. The number of hydrogen-bond donors (Lipinski definition) is 3. The highest BCUT2D eigenvalue weighted by Gasteiger charge is 2.25. The highest BCUT2D eigenvalue weighted by Crippen LogP contribution is 2.23. The van der Waals surface area contributed by atoms with Crippen LogP contribution >= 0.6 is 0 Å². The molecule has 8 nitrogen and oxygen atoms in total. The third-order valence-corrected chi connectivity index (χ3v) is 4.94. The van der Waals surface area contributed by atoms with Gasteiger partial charge in [0.25, 0.3) is 5.56 Å². The number of H-pyrrole nitrogens is 1. The molecule has 0 aromatic carbocycles. The molecule has 1 amide bonds. The number of carbonyl (C=O) groups is 1. The van der Waals surface area contributed by atoms with E-state index in [1.54, 1.807) is 30.5 Å². The van der Waals surface area contributed by atoms with E-state index in [1.165, 1.54) is 0 Å². The molecule has 0 spiro atoms. The van der Waals surface area contributed by atoms with Crippen LogP contribution in [0.5, 0.6) is 5.88 Å². The zero-order valence-electron chi connectivity index (χ0n) is 17.6. The smallest absolute Gasteiger partial charge is 0.271 e. The Hall–Kier alpha value is -3.13. The summed E-state index contributed by atoms with van der Waals surface area (Å²) >= 11 is 0. The molecule has 3 N–H and O–H groups in total. The number of carbonyl (C=O) groups excluding carboxylic acids is 1. The maximum absolute atomic E-state index is 12.4. The second kappa shape index (κ2) is 10.1. The van der Waals surface area contributed by atoms with Crippen LogP contribution in [0.3, 0.4) is 0 Å². The molecule has 1 aliphatic heterocycles. The van der Waals surface area contributed by atoms with Crippen molar-refractivity contribution in [3.05, 3.63) is 53.1 Å². The van der Waals surface area contributed by atoms with Gasteiger partial charge in [-0.3, -0.25) is 9.59 Å². The van der Waals surface area contributed by atoms with E-state index in [9.17, 15) is 9.59 Å². The maximum atomic E-state index is 12.4. The number of methoxy groups -OCH3 is 1. The van der Waals surface area contributed by atoms with Gasteiger partial charge in [-0.25, -0.2) is 4.98 Å². The van der Waals surface area contributed by atoms with Gasteiger partial charge in [0, 0.05) is 61.8 Å². The second-order valence-electron chi connectivity index (χ2n) is 7.60. The van der Waals surface area contributed by atoms with E-state index >= 15 is 0 Å². The summed E-state index contributed by atoms with van der Waals surface area (Å²) in [5.41, 5.74) is 2.04. The van der Waals surface area contributed by atoms with Gasteiger partial charge in [-0.2, -0.15) is 0 Å². The number of amides is 1. The van der Waals surface area contributed by atoms with Crippen LogP contribution in [-0.4, -0.2) is 59.6 Å². The molecule has 1 atom stereocenters. The number of hydrogen-bond acceptors (Lipinski definition) is 6. The van der Waals surface area contributed by atoms with Crippen LogP contribution in [0.4, 0.5) is 5.69 Å². The van der Waals surface area contributed by atoms with Crippen LogP contribution in [0.2, 0.25) is 0 Å². The Bertz CT molecular complexity index is 954. The van der Waals surface area contributed by atoms with Crippen molar-refractivity contribution in [3.8, 4) is 17.0 Å². The highest BCUT2D eigenvalue weighted by atomic mass is 16.5. The minimum absolute atomic E-state index is 0.00334. The van der Waals surface area contributed by atoms with Crippen molar-refractivity contribution in [1.82, 2.24) is 20.2 Å². The largest absolute Gasteiger partial charge is 0.481 e. The lowest BCUT2D eigenvalue weighted by Crippen LogP contribution is -2.31. The maximum Gasteiger partial charge on any atom is 0.271 e. The topological polar surface area (TPSA) is 99.4 Å². The van der Waals surface area contributed by atoms with Crippen LogP contribution in [0, 0.1) is 0 Å². The van der Waals surface area contributed by atoms with Gasteiger partial charge in [-0.15, -0.1) is 0 Å². The summed E-state index contributed by atoms with van der Waals surface area (Å²) in [6.45, 7) is 6.02. The molecule has 3 rings (SSSR count). The molecule has 2 aromatic heterocycles. The van der Waals surface area contributed by atoms with Gasteiger partial charge in [0.05, 0.1) is 7.11 Å². The predicted octanol–water partition coefficient (Wildman–Crippen LogP) is 2.01. The summed E-state index contributed by atoms with van der Waals surface area (Å²) in [5.74, 6) is 0.506. The summed E-state index contributed by atoms with van der Waals surface area (Å²) in [6.07, 6.45) is 7.58. The van der Waals surface area contributed by atoms with E-state index in [0.29, 0.717) is 37.2 Å². The van der Waals surface area contributed by atoms with E-state index in [2.05, 4.69) is 34.4 Å². The Labute approximate surface area is 176 Å². The number of likely N-dealkylation sites (tertiary alicyclic amines) is 1. The molecule has 0 aliphatic carbocycles. The first-order chi connectivity index (χ1) is 14.5. The van der Waals surface area contributed by atoms with E-state index in [0.717, 1.165) is 17.5 Å². The number of ether oxygens (including phenoxy) is 1. The van der Waals surface area contributed by atoms with Gasteiger partial charge in [0.2, 0.25) is 11.8 Å². The van der Waals surface area contributed by atoms with Crippen molar-refractivity contribution in [2.45, 2.75) is 32.4 Å². The van der Waals surface area contributed by atoms with Crippen molar-refractivity contribution in [3.63, 3.8) is 0 Å². The lowest BCUT2D eigenvalue weighted by atomic mass is 10.1. The molecule has 3 heterocycles. The molecule has 0 saturated carbocycles. The molecule has 0 radical (unpaired) electrons. The van der Waals surface area contributed by atoms with Gasteiger partial charge in [0.15, 0.2) is 0 Å². The fraction of sp³-hybridized carbons (Fsp3) is 0.409. The highest BCUT2D eigenvalue weighted by molar-refractivity contribution is 5.87. The zero-order chi connectivity index (χ0) is 21.5. The lowest BCUT2D eigenvalue weighted by Gasteiger charge is -2.16. The molecule has 30 heavy (non-hydrogen) atoms. The first-order valence-corrected chi connectivity index (χ1v) is 10.1. The molecular weight excluding hydrogens is 382 g/mol. The third kappa shape index (κ3) is 5.70. The van der Waals surface area contributed by atoms with Crippen molar-refractivity contribution in [2.75, 3.05) is 32.1 Å². The average molecular weight is 412 g/mol. The Morgan fingerprint density at radius 3 is 3.00 bits per heavy atom. The molecule has 2 aromatic rings. The minimum Gasteiger partial charge on any atom is -0.481 e. The molecule has 8 heteroatoms. The van der Waals surface area contributed by atoms with E-state index in [-0.39, 0.29) is 17.5 Å². The summed E-state index contributed by atoms with van der Waals surface area (Å²) < 4.78 is 5.17. The van der Waals surface area contributed by atoms with Crippen LogP contribution < -0.4 is 20.9 Å². The van der Waals surface area contributed by atoms with Crippen molar-refractivity contribution >= 4 is 11.6 Å². The lowest BCUT2D eigenvalue weighted by molar-refractivity contribution is -0.125. The van der Waals surface area contributed by atoms with Crippen molar-refractivity contribution in [1.29, 1.82) is 0 Å². The summed E-state index contributed by atoms with van der Waals surface area (Å²) in [6, 6.07) is 5.89. The van der Waals surface area contributed by atoms with E-state index < -0.39 is 0 Å². The number of rotatable bonds is 8. The molecule has 0 unspecified atom stereocenters. The average Bonchev–Trinajstić information content (AvgIpc) is 3.21. The number of aromatic nitrogens is 2. The van der Waals surface area contributed by atoms with Gasteiger partial charge in [0.1, 0.15) is 5.69 Å². The third-order valence-electron chi connectivity index (χ3n) is 4.94. The van der Waals surface area contributed by atoms with Crippen LogP contribution in [0.15, 0.2) is 47.5 Å². The summed E-state index contributed by atoms with van der Waals surface area (Å²) in [5, 5.41) is 6.54. The van der Waals surface area contributed by atoms with Gasteiger partial charge >= 0.3 is 0 Å². The SMILES string of the molecule is COc1cc(-c2c[nH]c(=O)c(N[C@H]3CCN(C(=O)/C=C/CNC(C)C)C3)c2)ccn1. The molecule has 1 saturated heterocycles. The number of nitrogens with one attached hydrogen (secondary N) is 3. The van der Waals surface area contributed by atoms with Crippen LogP contribution in [-0.2, 0) is 4.79 Å². The van der Waals surface area contributed by atoms with E-state index in [4.69, 9.17) is 4.74 Å². The van der Waals surface area contributed by atoms with E-state index in [1.807, 2.05) is 24.3 Å². The molecule has 1 fully saturated rings. The van der Waals surface area contributed by atoms with Crippen LogP contribution in [0.1, 0.15) is 20.3 Å². The Morgan fingerprint density at radius 1 is 1.40 bits per heavy atom. The molecule has 160 valence electrons. The van der Waals surface area contributed by atoms with Crippen molar-refractivity contribution < 1.29 is 9.53 Å². The van der Waals surface area contributed by atoms with Gasteiger partial charge in [-0.1, -0.05) is 19.9 Å². The summed E-state index contributed by atoms with van der Waals surface area (Å²) in [7, 11) is 1.56. The number of anilines is 1. The minimum atomic E-state index is -0.191. The number of pyridine rings is 2. The van der Waals surface area contributed by atoms with Gasteiger partial charge < -0.3 is 25.3 Å². The first-order valence-electron chi connectivity index (χ1n) is 10.1. The quantitative estimate of drug-likeness (QED) is 0.575. The Morgan fingerprint density at radius 2 is 2.23 bits per heavy atom. The monoisotopic (exact) mass is 411 g/mol. The first kappa shape index (κ1) is 21.6. The fourth-order valence-corrected chi connectivity index (χ4v) is 3.33. The number of aromatic amines is 1. The van der Waals surface area contributed by atoms with Crippen LogP contribution in [0.25, 0.3) is 11.1 Å². The predicted molar refractivity (Wildman–Crippen MR) is 118 cm³/mol. The fourth-order valence-electron chi connectivity index (χ4n) is 3.33. The Kier molecular flexibility index (Phi) is 7.24. The molecular formula is C22H29N5O3. The zero-order valence-corrected chi connectivity index (χ0v) is 17.6. The van der Waals surface area contributed by atoms with Crippen molar-refractivity contribution in [2.24, 2.45) is 0 Å². The second-order valence-corrected chi connectivity index (χ2v) is 7.60. The van der Waals surface area contributed by atoms with Gasteiger partial charge in [-0.05, 0) is 24.1 Å². The Balaban J connectivity index is 1.63. The number of nitrogens with zero attached hydrogens (tertiary/aromatic N) is 2. The normalized spacial score (nSPS) is 16.4.